The Kier molecular flexibility index (Phi) is 10.7. The molecule has 0 aliphatic carbocycles. The summed E-state index contributed by atoms with van der Waals surface area (Å²) in [5, 5.41) is 48.4. The lowest BCUT2D eigenvalue weighted by Crippen LogP contribution is -2.61. The zero-order valence-corrected chi connectivity index (χ0v) is 26.5. The lowest BCUT2D eigenvalue weighted by atomic mass is 9.99. The Morgan fingerprint density at radius 2 is 1.42 bits per heavy atom. The van der Waals surface area contributed by atoms with Gasteiger partial charge in [0.15, 0.2) is 11.9 Å². The van der Waals surface area contributed by atoms with Crippen LogP contribution < -0.4 is 15.2 Å². The van der Waals surface area contributed by atoms with Crippen molar-refractivity contribution in [3.63, 3.8) is 0 Å². The summed E-state index contributed by atoms with van der Waals surface area (Å²) in [5.41, 5.74) is 6.40. The predicted octanol–water partition coefficient (Wildman–Crippen LogP) is 2.12. The number of nitrogens with two attached hydrogens (primary N) is 1. The van der Waals surface area contributed by atoms with Crippen LogP contribution in [-0.4, -0.2) is 74.2 Å². The Balaban J connectivity index is 1.81. The number of ether oxygens (including phenoxy) is 3. The third kappa shape index (κ3) is 7.01. The van der Waals surface area contributed by atoms with Gasteiger partial charge in [0, 0.05) is 0 Å². The van der Waals surface area contributed by atoms with E-state index in [1.54, 1.807) is 24.3 Å². The molecule has 0 radical (unpaired) electrons. The Morgan fingerprint density at radius 3 is 1.92 bits per heavy atom. The molecular formula is C21H19I4NO10. The van der Waals surface area contributed by atoms with Crippen molar-refractivity contribution in [3.05, 3.63) is 44.1 Å². The Hall–Kier alpha value is -0.300. The fourth-order valence-electron chi connectivity index (χ4n) is 3.26. The van der Waals surface area contributed by atoms with E-state index in [-0.39, 0.29) is 12.2 Å². The van der Waals surface area contributed by atoms with Crippen LogP contribution in [0.2, 0.25) is 0 Å². The lowest BCUT2D eigenvalue weighted by molar-refractivity contribution is -0.271. The molecule has 1 aliphatic rings. The molecule has 1 unspecified atom stereocenters. The summed E-state index contributed by atoms with van der Waals surface area (Å²) in [6.45, 7) is 0. The fraction of sp³-hybridized carbons (Fsp3) is 0.333. The monoisotopic (exact) mass is 953 g/mol. The van der Waals surface area contributed by atoms with Gasteiger partial charge >= 0.3 is 11.9 Å². The highest BCUT2D eigenvalue weighted by molar-refractivity contribution is 14.1. The molecule has 0 bridgehead atoms. The standard InChI is InChI=1S/C21H19I4NO10/c22-8-1-6(3-12(26)19(30)31)2-9(23)16(8)34-7-4-10(24)17(11(25)5-7)35-21-15(29)13(27)14(28)18(36-21)20(32)33/h1-2,4-5,12-15,18,21,27-29H,3,26H2,(H,30,31)(H,32,33)/t12-,13-,14-,15+,18-,21?/m0/s1. The highest BCUT2D eigenvalue weighted by atomic mass is 127. The third-order valence-corrected chi connectivity index (χ3v) is 8.27. The van der Waals surface area contributed by atoms with Crippen LogP contribution >= 0.6 is 90.4 Å². The number of carboxylic acid groups (broad SMARTS) is 2. The van der Waals surface area contributed by atoms with Gasteiger partial charge in [-0.3, -0.25) is 4.79 Å². The molecule has 1 aliphatic heterocycles. The summed E-state index contributed by atoms with van der Waals surface area (Å²) in [4.78, 5) is 22.4. The number of aliphatic hydroxyl groups excluding tert-OH is 3. The van der Waals surface area contributed by atoms with Crippen molar-refractivity contribution in [2.45, 2.75) is 43.2 Å². The van der Waals surface area contributed by atoms with Crippen molar-refractivity contribution in [1.82, 2.24) is 0 Å². The van der Waals surface area contributed by atoms with E-state index in [0.717, 1.165) is 12.7 Å². The van der Waals surface area contributed by atoms with Crippen molar-refractivity contribution >= 4 is 102 Å². The van der Waals surface area contributed by atoms with Gasteiger partial charge in [0.1, 0.15) is 35.9 Å². The number of hydrogen-bond donors (Lipinski definition) is 6. The molecule has 0 spiro atoms. The second kappa shape index (κ2) is 12.7. The molecule has 0 aromatic heterocycles. The summed E-state index contributed by atoms with van der Waals surface area (Å²) < 4.78 is 19.6. The van der Waals surface area contributed by atoms with Crippen LogP contribution in [0.15, 0.2) is 24.3 Å². The Bertz CT molecular complexity index is 1120. The van der Waals surface area contributed by atoms with Gasteiger partial charge in [0.2, 0.25) is 6.29 Å². The Morgan fingerprint density at radius 1 is 0.889 bits per heavy atom. The largest absolute Gasteiger partial charge is 0.480 e. The van der Waals surface area contributed by atoms with Crippen LogP contribution in [0.4, 0.5) is 0 Å². The van der Waals surface area contributed by atoms with E-state index in [1.807, 2.05) is 45.2 Å². The molecule has 1 fully saturated rings. The van der Waals surface area contributed by atoms with E-state index in [4.69, 9.17) is 25.1 Å². The first-order chi connectivity index (χ1) is 16.8. The maximum atomic E-state index is 11.3. The number of benzene rings is 2. The van der Waals surface area contributed by atoms with E-state index >= 15 is 0 Å². The van der Waals surface area contributed by atoms with Crippen LogP contribution in [0, 0.1) is 14.3 Å². The predicted molar refractivity (Wildman–Crippen MR) is 158 cm³/mol. The van der Waals surface area contributed by atoms with Gasteiger partial charge in [-0.25, -0.2) is 4.79 Å². The maximum absolute atomic E-state index is 11.3. The van der Waals surface area contributed by atoms with E-state index in [2.05, 4.69) is 45.2 Å². The maximum Gasteiger partial charge on any atom is 0.335 e. The van der Waals surface area contributed by atoms with Crippen LogP contribution in [0.5, 0.6) is 17.2 Å². The normalized spacial score (nSPS) is 24.7. The summed E-state index contributed by atoms with van der Waals surface area (Å²) in [7, 11) is 0. The van der Waals surface area contributed by atoms with Crippen LogP contribution in [0.25, 0.3) is 0 Å². The molecule has 1 heterocycles. The van der Waals surface area contributed by atoms with Gasteiger partial charge in [-0.15, -0.1) is 0 Å². The van der Waals surface area contributed by atoms with Crippen LogP contribution in [0.1, 0.15) is 5.56 Å². The highest BCUT2D eigenvalue weighted by Gasteiger charge is 2.48. The molecule has 36 heavy (non-hydrogen) atoms. The average molecular weight is 953 g/mol. The second-order valence-electron chi connectivity index (χ2n) is 7.71. The molecule has 6 atom stereocenters. The summed E-state index contributed by atoms with van der Waals surface area (Å²) in [6, 6.07) is 5.91. The van der Waals surface area contributed by atoms with Crippen molar-refractivity contribution in [3.8, 4) is 17.2 Å². The summed E-state index contributed by atoms with van der Waals surface area (Å²) in [6.07, 6.45) is -8.42. The van der Waals surface area contributed by atoms with Gasteiger partial charge in [-0.2, -0.15) is 0 Å². The van der Waals surface area contributed by atoms with Crippen molar-refractivity contribution in [2.24, 2.45) is 5.73 Å². The average Bonchev–Trinajstić information content (AvgIpc) is 2.78. The molecule has 15 heteroatoms. The first kappa shape index (κ1) is 30.2. The van der Waals surface area contributed by atoms with E-state index in [0.29, 0.717) is 18.6 Å². The lowest BCUT2D eigenvalue weighted by Gasteiger charge is -2.38. The number of carbonyl (C=O) groups is 2. The summed E-state index contributed by atoms with van der Waals surface area (Å²) in [5.74, 6) is -1.29. The zero-order chi connectivity index (χ0) is 26.9. The second-order valence-corrected chi connectivity index (χ2v) is 12.4. The van der Waals surface area contributed by atoms with Crippen molar-refractivity contribution in [2.75, 3.05) is 0 Å². The van der Waals surface area contributed by atoms with Gasteiger partial charge < -0.3 is 45.5 Å². The zero-order valence-electron chi connectivity index (χ0n) is 17.8. The quantitative estimate of drug-likeness (QED) is 0.213. The minimum Gasteiger partial charge on any atom is -0.480 e. The number of rotatable bonds is 8. The molecular weight excluding hydrogens is 934 g/mol. The van der Waals surface area contributed by atoms with Gasteiger partial charge in [0.05, 0.1) is 14.3 Å². The molecule has 11 nitrogen and oxygen atoms in total. The summed E-state index contributed by atoms with van der Waals surface area (Å²) >= 11 is 8.14. The van der Waals surface area contributed by atoms with Crippen LogP contribution in [-0.2, 0) is 20.7 Å². The third-order valence-electron chi connectivity index (χ3n) is 5.07. The van der Waals surface area contributed by atoms with Gasteiger partial charge in [-0.05, 0) is 127 Å². The first-order valence-electron chi connectivity index (χ1n) is 10.0. The number of hydrogen-bond acceptors (Lipinski definition) is 9. The van der Waals surface area contributed by atoms with E-state index < -0.39 is 48.7 Å². The molecule has 0 saturated carbocycles. The smallest absolute Gasteiger partial charge is 0.335 e. The first-order valence-corrected chi connectivity index (χ1v) is 14.3. The molecule has 3 rings (SSSR count). The molecule has 0 amide bonds. The van der Waals surface area contributed by atoms with Crippen molar-refractivity contribution in [1.29, 1.82) is 0 Å². The van der Waals surface area contributed by atoms with Gasteiger partial charge in [-0.1, -0.05) is 0 Å². The molecule has 2 aromatic carbocycles. The topological polar surface area (TPSA) is 189 Å². The molecule has 7 N–H and O–H groups in total. The highest BCUT2D eigenvalue weighted by Crippen LogP contribution is 2.38. The Labute approximate surface area is 259 Å². The van der Waals surface area contributed by atoms with Crippen molar-refractivity contribution < 1.29 is 49.3 Å². The molecule has 196 valence electrons. The number of aliphatic carboxylic acids is 2. The van der Waals surface area contributed by atoms with Gasteiger partial charge in [0.25, 0.3) is 0 Å². The molecule has 1 saturated heterocycles. The van der Waals surface area contributed by atoms with E-state index in [1.165, 1.54) is 0 Å². The van der Waals surface area contributed by atoms with E-state index in [9.17, 15) is 30.0 Å². The van der Waals surface area contributed by atoms with Crippen LogP contribution in [0.3, 0.4) is 0 Å². The molecule has 2 aromatic rings. The SMILES string of the molecule is N[C@@H](Cc1cc(I)c(Oc2cc(I)c(OC3O[C@H](C(=O)O)[C@@H](O)[C@H](O)[C@H]3O)c(I)c2)c(I)c1)C(=O)O. The number of aliphatic hydroxyl groups is 3. The number of halogens is 4. The fourth-order valence-corrected chi connectivity index (χ4v) is 7.34. The minimum atomic E-state index is -1.82. The number of carboxylic acids is 2. The minimum absolute atomic E-state index is 0.174.